The van der Waals surface area contributed by atoms with Crippen LogP contribution in [0.2, 0.25) is 0 Å². The van der Waals surface area contributed by atoms with Gasteiger partial charge in [0.15, 0.2) is 0 Å². The number of carbonyl (C=O) groups is 2. The van der Waals surface area contributed by atoms with Crippen molar-refractivity contribution in [2.75, 3.05) is 6.54 Å². The van der Waals surface area contributed by atoms with Crippen molar-refractivity contribution >= 4 is 11.7 Å². The highest BCUT2D eigenvalue weighted by atomic mass is 16.3. The number of carbonyl (C=O) groups excluding carboxylic acids is 2. The van der Waals surface area contributed by atoms with Crippen molar-refractivity contribution in [3.8, 4) is 0 Å². The summed E-state index contributed by atoms with van der Waals surface area (Å²) in [6, 6.07) is 0. The van der Waals surface area contributed by atoms with Crippen LogP contribution in [0.15, 0.2) is 0 Å². The normalized spacial score (nSPS) is 25.9. The minimum atomic E-state index is -1.10. The molecule has 0 aromatic carbocycles. The van der Waals surface area contributed by atoms with Gasteiger partial charge in [0.1, 0.15) is 5.78 Å². The van der Waals surface area contributed by atoms with Crippen LogP contribution < -0.4 is 5.32 Å². The fourth-order valence-electron chi connectivity index (χ4n) is 1.90. The number of nitrogens with one attached hydrogen (secondary N) is 1. The monoisotopic (exact) mass is 199 g/mol. The molecule has 0 spiro atoms. The predicted molar refractivity (Wildman–Crippen MR) is 51.7 cm³/mol. The lowest BCUT2D eigenvalue weighted by molar-refractivity contribution is -0.130. The molecular weight excluding hydrogens is 182 g/mol. The maximum atomic E-state index is 11.4. The Morgan fingerprint density at radius 3 is 2.79 bits per heavy atom. The number of hydrogen-bond acceptors (Lipinski definition) is 3. The Kier molecular flexibility index (Phi) is 3.26. The van der Waals surface area contributed by atoms with Crippen molar-refractivity contribution in [2.45, 2.75) is 38.7 Å². The van der Waals surface area contributed by atoms with E-state index in [2.05, 4.69) is 5.32 Å². The molecule has 1 rings (SSSR count). The first-order valence-corrected chi connectivity index (χ1v) is 4.93. The molecule has 0 heterocycles. The average Bonchev–Trinajstić information content (AvgIpc) is 2.48. The molecule has 0 radical (unpaired) electrons. The average molecular weight is 199 g/mol. The van der Waals surface area contributed by atoms with E-state index in [0.29, 0.717) is 6.42 Å². The fraction of sp³-hybridized carbons (Fsp3) is 0.800. The van der Waals surface area contributed by atoms with E-state index >= 15 is 0 Å². The maximum absolute atomic E-state index is 11.4. The van der Waals surface area contributed by atoms with Crippen molar-refractivity contribution in [3.63, 3.8) is 0 Å². The van der Waals surface area contributed by atoms with Crippen LogP contribution in [0.4, 0.5) is 0 Å². The molecule has 2 atom stereocenters. The van der Waals surface area contributed by atoms with E-state index in [1.165, 1.54) is 6.92 Å². The Balaban J connectivity index is 2.54. The molecule has 4 nitrogen and oxygen atoms in total. The lowest BCUT2D eigenvalue weighted by atomic mass is 9.87. The third-order valence-corrected chi connectivity index (χ3v) is 2.75. The Hall–Kier alpha value is -0.900. The minimum absolute atomic E-state index is 0.111. The second kappa shape index (κ2) is 4.09. The highest BCUT2D eigenvalue weighted by molar-refractivity contribution is 5.84. The van der Waals surface area contributed by atoms with Crippen molar-refractivity contribution in [1.29, 1.82) is 0 Å². The molecule has 4 heteroatoms. The van der Waals surface area contributed by atoms with Gasteiger partial charge in [0, 0.05) is 25.8 Å². The second-order valence-corrected chi connectivity index (χ2v) is 4.18. The van der Waals surface area contributed by atoms with Gasteiger partial charge in [0.05, 0.1) is 5.60 Å². The van der Waals surface area contributed by atoms with Gasteiger partial charge in [-0.2, -0.15) is 0 Å². The molecule has 1 saturated carbocycles. The van der Waals surface area contributed by atoms with Gasteiger partial charge in [-0.05, 0) is 19.8 Å². The Morgan fingerprint density at radius 1 is 1.71 bits per heavy atom. The molecule has 2 N–H and O–H groups in total. The smallest absolute Gasteiger partial charge is 0.216 e. The SMILES string of the molecule is CC(=O)NC[C@](C)(O)[C@H]1CCCC1=O. The molecular formula is C10H17NO3. The fourth-order valence-corrected chi connectivity index (χ4v) is 1.90. The molecule has 1 aliphatic rings. The van der Waals surface area contributed by atoms with Gasteiger partial charge in [0.2, 0.25) is 5.91 Å². The number of amides is 1. The summed E-state index contributed by atoms with van der Waals surface area (Å²) in [6.45, 7) is 3.15. The molecule has 80 valence electrons. The third kappa shape index (κ3) is 2.54. The predicted octanol–water partition coefficient (Wildman–Crippen LogP) is 0.243. The second-order valence-electron chi connectivity index (χ2n) is 4.18. The zero-order chi connectivity index (χ0) is 10.8. The number of aliphatic hydroxyl groups is 1. The first-order chi connectivity index (χ1) is 6.43. The standard InChI is InChI=1S/C10H17NO3/c1-7(12)11-6-10(2,14)8-4-3-5-9(8)13/h8,14H,3-6H2,1-2H3,(H,11,12)/t8-,10-/m0/s1. The van der Waals surface area contributed by atoms with E-state index in [0.717, 1.165) is 12.8 Å². The van der Waals surface area contributed by atoms with Crippen LogP contribution in [0.1, 0.15) is 33.1 Å². The highest BCUT2D eigenvalue weighted by Gasteiger charge is 2.39. The van der Waals surface area contributed by atoms with E-state index in [1.807, 2.05) is 0 Å². The summed E-state index contributed by atoms with van der Waals surface area (Å²) in [5, 5.41) is 12.5. The van der Waals surface area contributed by atoms with Gasteiger partial charge in [-0.1, -0.05) is 0 Å². The van der Waals surface area contributed by atoms with E-state index in [1.54, 1.807) is 6.92 Å². The van der Waals surface area contributed by atoms with Gasteiger partial charge in [-0.3, -0.25) is 9.59 Å². The summed E-state index contributed by atoms with van der Waals surface area (Å²) in [7, 11) is 0. The van der Waals surface area contributed by atoms with Gasteiger partial charge < -0.3 is 10.4 Å². The molecule has 0 aromatic rings. The molecule has 1 aliphatic carbocycles. The van der Waals surface area contributed by atoms with Crippen LogP contribution in [0.25, 0.3) is 0 Å². The molecule has 0 bridgehead atoms. The largest absolute Gasteiger partial charge is 0.388 e. The Morgan fingerprint density at radius 2 is 2.36 bits per heavy atom. The molecule has 14 heavy (non-hydrogen) atoms. The Labute approximate surface area is 83.7 Å². The van der Waals surface area contributed by atoms with Crippen LogP contribution in [0, 0.1) is 5.92 Å². The number of ketones is 1. The number of rotatable bonds is 3. The number of hydrogen-bond donors (Lipinski definition) is 2. The van der Waals surface area contributed by atoms with E-state index in [4.69, 9.17) is 0 Å². The molecule has 0 aliphatic heterocycles. The lowest BCUT2D eigenvalue weighted by Crippen LogP contribution is -2.47. The third-order valence-electron chi connectivity index (χ3n) is 2.75. The van der Waals surface area contributed by atoms with Gasteiger partial charge in [0.25, 0.3) is 0 Å². The summed E-state index contributed by atoms with van der Waals surface area (Å²) in [5.74, 6) is -0.384. The van der Waals surface area contributed by atoms with E-state index < -0.39 is 5.60 Å². The van der Waals surface area contributed by atoms with Crippen LogP contribution in [-0.4, -0.2) is 28.9 Å². The quantitative estimate of drug-likeness (QED) is 0.684. The summed E-state index contributed by atoms with van der Waals surface area (Å²) in [6.07, 6.45) is 2.13. The van der Waals surface area contributed by atoms with Gasteiger partial charge in [-0.15, -0.1) is 0 Å². The first-order valence-electron chi connectivity index (χ1n) is 4.93. The van der Waals surface area contributed by atoms with Gasteiger partial charge in [-0.25, -0.2) is 0 Å². The zero-order valence-electron chi connectivity index (χ0n) is 8.67. The van der Waals surface area contributed by atoms with Crippen molar-refractivity contribution in [2.24, 2.45) is 5.92 Å². The van der Waals surface area contributed by atoms with Crippen LogP contribution in [0.3, 0.4) is 0 Å². The van der Waals surface area contributed by atoms with Crippen molar-refractivity contribution in [1.82, 2.24) is 5.32 Å². The van der Waals surface area contributed by atoms with Crippen molar-refractivity contribution < 1.29 is 14.7 Å². The molecule has 0 aromatic heterocycles. The van der Waals surface area contributed by atoms with Crippen molar-refractivity contribution in [3.05, 3.63) is 0 Å². The van der Waals surface area contributed by atoms with E-state index in [9.17, 15) is 14.7 Å². The molecule has 0 unspecified atom stereocenters. The lowest BCUT2D eigenvalue weighted by Gasteiger charge is -2.28. The highest BCUT2D eigenvalue weighted by Crippen LogP contribution is 2.30. The first kappa shape index (κ1) is 11.2. The number of Topliss-reactive ketones (excluding diaryl/α,β-unsaturated/α-hetero) is 1. The molecule has 1 amide bonds. The summed E-state index contributed by atoms with van der Waals surface area (Å²) in [4.78, 5) is 22.1. The maximum Gasteiger partial charge on any atom is 0.216 e. The summed E-state index contributed by atoms with van der Waals surface area (Å²) < 4.78 is 0. The van der Waals surface area contributed by atoms with E-state index in [-0.39, 0.29) is 24.2 Å². The summed E-state index contributed by atoms with van der Waals surface area (Å²) >= 11 is 0. The van der Waals surface area contributed by atoms with Gasteiger partial charge >= 0.3 is 0 Å². The van der Waals surface area contributed by atoms with Crippen LogP contribution in [0.5, 0.6) is 0 Å². The molecule has 0 saturated heterocycles. The summed E-state index contributed by atoms with van der Waals surface area (Å²) in [5.41, 5.74) is -1.10. The minimum Gasteiger partial charge on any atom is -0.388 e. The zero-order valence-corrected chi connectivity index (χ0v) is 8.67. The Bertz CT molecular complexity index is 248. The molecule has 1 fully saturated rings. The van der Waals surface area contributed by atoms with Crippen LogP contribution in [-0.2, 0) is 9.59 Å². The topological polar surface area (TPSA) is 66.4 Å². The van der Waals surface area contributed by atoms with Crippen LogP contribution >= 0.6 is 0 Å².